The summed E-state index contributed by atoms with van der Waals surface area (Å²) < 4.78 is 10.8. The summed E-state index contributed by atoms with van der Waals surface area (Å²) in [5.74, 6) is -0.887. The maximum Gasteiger partial charge on any atom is 0.301 e. The Hall–Kier alpha value is -3.72. The van der Waals surface area contributed by atoms with E-state index < -0.39 is 17.7 Å². The highest BCUT2D eigenvalue weighted by atomic mass is 32.1. The number of hydrogen-bond donors (Lipinski definition) is 1. The summed E-state index contributed by atoms with van der Waals surface area (Å²) in [5, 5.41) is 20.4. The van der Waals surface area contributed by atoms with Crippen LogP contribution in [0.3, 0.4) is 0 Å². The molecule has 1 saturated heterocycles. The lowest BCUT2D eigenvalue weighted by Crippen LogP contribution is -2.29. The van der Waals surface area contributed by atoms with Gasteiger partial charge in [-0.2, -0.15) is 0 Å². The summed E-state index contributed by atoms with van der Waals surface area (Å²) in [7, 11) is 3.03. The van der Waals surface area contributed by atoms with E-state index >= 15 is 0 Å². The molecule has 1 amide bonds. The number of hydrogen-bond acceptors (Lipinski definition) is 8. The van der Waals surface area contributed by atoms with Gasteiger partial charge >= 0.3 is 5.91 Å². The Balaban J connectivity index is 1.95. The van der Waals surface area contributed by atoms with Crippen molar-refractivity contribution in [3.8, 4) is 11.5 Å². The summed E-state index contributed by atoms with van der Waals surface area (Å²) in [6, 6.07) is 11.3. The zero-order valence-corrected chi connectivity index (χ0v) is 19.5. The van der Waals surface area contributed by atoms with Crippen LogP contribution in [0.15, 0.2) is 48.0 Å². The number of methoxy groups -OCH3 is 2. The topological polar surface area (TPSA) is 102 Å². The molecule has 9 heteroatoms. The second-order valence-electron chi connectivity index (χ2n) is 7.48. The Morgan fingerprint density at radius 2 is 1.76 bits per heavy atom. The molecule has 0 bridgehead atoms. The zero-order chi connectivity index (χ0) is 23.7. The molecular formula is C24H23N3O5S. The Labute approximate surface area is 195 Å². The molecule has 170 valence electrons. The minimum atomic E-state index is -0.913. The number of ketones is 1. The van der Waals surface area contributed by atoms with E-state index in [9.17, 15) is 14.7 Å². The lowest BCUT2D eigenvalue weighted by molar-refractivity contribution is -0.132. The third kappa shape index (κ3) is 3.95. The van der Waals surface area contributed by atoms with E-state index in [0.717, 1.165) is 10.6 Å². The molecule has 8 nitrogen and oxygen atoms in total. The minimum Gasteiger partial charge on any atom is -0.507 e. The van der Waals surface area contributed by atoms with Crippen LogP contribution in [0, 0.1) is 6.92 Å². The van der Waals surface area contributed by atoms with Crippen LogP contribution in [-0.2, 0) is 16.0 Å². The van der Waals surface area contributed by atoms with Crippen molar-refractivity contribution >= 4 is 33.9 Å². The van der Waals surface area contributed by atoms with Crippen molar-refractivity contribution in [1.29, 1.82) is 0 Å². The number of rotatable bonds is 6. The highest BCUT2D eigenvalue weighted by Crippen LogP contribution is 2.44. The molecule has 0 aliphatic carbocycles. The van der Waals surface area contributed by atoms with Crippen LogP contribution in [0.5, 0.6) is 11.5 Å². The summed E-state index contributed by atoms with van der Waals surface area (Å²) in [6.07, 6.45) is 0.645. The van der Waals surface area contributed by atoms with Gasteiger partial charge in [0.05, 0.1) is 25.8 Å². The van der Waals surface area contributed by atoms with Gasteiger partial charge in [0.15, 0.2) is 11.5 Å². The van der Waals surface area contributed by atoms with Gasteiger partial charge in [-0.3, -0.25) is 14.5 Å². The second-order valence-corrected chi connectivity index (χ2v) is 8.52. The molecule has 1 fully saturated rings. The zero-order valence-electron chi connectivity index (χ0n) is 18.7. The Kier molecular flexibility index (Phi) is 6.15. The summed E-state index contributed by atoms with van der Waals surface area (Å²) in [5.41, 5.74) is 1.98. The van der Waals surface area contributed by atoms with Crippen LogP contribution in [0.25, 0.3) is 5.76 Å². The maximum atomic E-state index is 13.2. The Morgan fingerprint density at radius 3 is 2.36 bits per heavy atom. The molecular weight excluding hydrogens is 442 g/mol. The third-order valence-corrected chi connectivity index (χ3v) is 6.52. The number of carbonyl (C=O) groups is 2. The summed E-state index contributed by atoms with van der Waals surface area (Å²) in [6.45, 7) is 3.86. The monoisotopic (exact) mass is 465 g/mol. The molecule has 1 N–H and O–H groups in total. The first-order valence-electron chi connectivity index (χ1n) is 10.3. The molecule has 2 heterocycles. The van der Waals surface area contributed by atoms with Gasteiger partial charge in [0, 0.05) is 5.56 Å². The number of amides is 1. The first kappa shape index (κ1) is 22.5. The number of Topliss-reactive ketones (excluding diaryl/α,β-unsaturated/α-hetero) is 1. The van der Waals surface area contributed by atoms with Crippen LogP contribution in [0.4, 0.5) is 5.13 Å². The van der Waals surface area contributed by atoms with Crippen LogP contribution >= 0.6 is 11.3 Å². The average Bonchev–Trinajstić information content (AvgIpc) is 3.41. The third-order valence-electron chi connectivity index (χ3n) is 5.46. The van der Waals surface area contributed by atoms with Gasteiger partial charge < -0.3 is 14.6 Å². The standard InChI is InChI=1S/C24H23N3O5S/c1-5-18-25-26-24(33-18)27-20(15-10-11-16(31-3)17(12-15)32-4)19(22(29)23(27)30)21(28)14-8-6-13(2)7-9-14/h6-12,20,28H,5H2,1-4H3/b21-19+. The quantitative estimate of drug-likeness (QED) is 0.333. The minimum absolute atomic E-state index is 0.0238. The summed E-state index contributed by atoms with van der Waals surface area (Å²) >= 11 is 1.23. The molecule has 0 radical (unpaired) electrons. The number of aryl methyl sites for hydroxylation is 2. The number of benzene rings is 2. The lowest BCUT2D eigenvalue weighted by Gasteiger charge is -2.23. The largest absolute Gasteiger partial charge is 0.507 e. The molecule has 4 rings (SSSR count). The highest BCUT2D eigenvalue weighted by Gasteiger charge is 2.48. The number of aliphatic hydroxyl groups excluding tert-OH is 1. The molecule has 1 atom stereocenters. The number of carbonyl (C=O) groups excluding carboxylic acids is 2. The molecule has 1 aliphatic heterocycles. The molecule has 3 aromatic rings. The SMILES string of the molecule is CCc1nnc(N2C(=O)C(=O)/C(=C(/O)c3ccc(C)cc3)C2c2ccc(OC)c(OC)c2)s1. The molecule has 33 heavy (non-hydrogen) atoms. The fourth-order valence-corrected chi connectivity index (χ4v) is 4.53. The van der Waals surface area contributed by atoms with E-state index in [1.54, 1.807) is 30.3 Å². The first-order chi connectivity index (χ1) is 15.9. The molecule has 2 aromatic carbocycles. The van der Waals surface area contributed by atoms with Gasteiger partial charge in [0.25, 0.3) is 5.78 Å². The van der Waals surface area contributed by atoms with E-state index in [1.165, 1.54) is 30.5 Å². The van der Waals surface area contributed by atoms with Gasteiger partial charge in [-0.15, -0.1) is 10.2 Å². The van der Waals surface area contributed by atoms with E-state index in [1.807, 2.05) is 26.0 Å². The normalized spacial score (nSPS) is 17.5. The highest BCUT2D eigenvalue weighted by molar-refractivity contribution is 7.15. The predicted octanol–water partition coefficient (Wildman–Crippen LogP) is 4.05. The fourth-order valence-electron chi connectivity index (χ4n) is 3.72. The Bertz CT molecular complexity index is 1250. The number of ether oxygens (including phenoxy) is 2. The molecule has 0 spiro atoms. The number of aromatic nitrogens is 2. The van der Waals surface area contributed by atoms with Crippen LogP contribution < -0.4 is 14.4 Å². The van der Waals surface area contributed by atoms with Crippen LogP contribution in [0.2, 0.25) is 0 Å². The van der Waals surface area contributed by atoms with Crippen molar-refractivity contribution in [3.63, 3.8) is 0 Å². The fraction of sp³-hybridized carbons (Fsp3) is 0.250. The lowest BCUT2D eigenvalue weighted by atomic mass is 9.95. The maximum absolute atomic E-state index is 13.2. The van der Waals surface area contributed by atoms with E-state index in [2.05, 4.69) is 10.2 Å². The molecule has 0 saturated carbocycles. The van der Waals surface area contributed by atoms with Gasteiger partial charge in [0.2, 0.25) is 5.13 Å². The molecule has 1 aromatic heterocycles. The van der Waals surface area contributed by atoms with E-state index in [-0.39, 0.29) is 16.5 Å². The van der Waals surface area contributed by atoms with Crippen LogP contribution in [0.1, 0.15) is 34.7 Å². The molecule has 1 aliphatic rings. The van der Waals surface area contributed by atoms with Gasteiger partial charge in [-0.1, -0.05) is 54.2 Å². The average molecular weight is 466 g/mol. The molecule has 1 unspecified atom stereocenters. The second kappa shape index (κ2) is 9.03. The van der Waals surface area contributed by atoms with Crippen LogP contribution in [-0.4, -0.2) is 41.2 Å². The number of aliphatic hydroxyl groups is 1. The Morgan fingerprint density at radius 1 is 1.06 bits per heavy atom. The van der Waals surface area contributed by atoms with Gasteiger partial charge in [-0.25, -0.2) is 0 Å². The first-order valence-corrected chi connectivity index (χ1v) is 11.1. The number of anilines is 1. The van der Waals surface area contributed by atoms with Crippen molar-refractivity contribution in [1.82, 2.24) is 10.2 Å². The van der Waals surface area contributed by atoms with E-state index in [4.69, 9.17) is 9.47 Å². The predicted molar refractivity (Wildman–Crippen MR) is 125 cm³/mol. The van der Waals surface area contributed by atoms with E-state index in [0.29, 0.717) is 29.0 Å². The van der Waals surface area contributed by atoms with Crippen molar-refractivity contribution in [3.05, 3.63) is 69.7 Å². The number of nitrogens with zero attached hydrogens (tertiary/aromatic N) is 3. The smallest absolute Gasteiger partial charge is 0.301 e. The van der Waals surface area contributed by atoms with Crippen molar-refractivity contribution in [2.24, 2.45) is 0 Å². The van der Waals surface area contributed by atoms with Crippen molar-refractivity contribution in [2.75, 3.05) is 19.1 Å². The van der Waals surface area contributed by atoms with Gasteiger partial charge in [0.1, 0.15) is 10.8 Å². The van der Waals surface area contributed by atoms with Gasteiger partial charge in [-0.05, 0) is 31.0 Å². The summed E-state index contributed by atoms with van der Waals surface area (Å²) in [4.78, 5) is 27.7. The van der Waals surface area contributed by atoms with Crippen molar-refractivity contribution in [2.45, 2.75) is 26.3 Å². The van der Waals surface area contributed by atoms with Crippen molar-refractivity contribution < 1.29 is 24.2 Å².